The molecular formula is C26H23N5O. The van der Waals surface area contributed by atoms with E-state index in [9.17, 15) is 4.79 Å². The van der Waals surface area contributed by atoms with Crippen LogP contribution in [0.25, 0.3) is 33.1 Å². The highest BCUT2D eigenvalue weighted by Crippen LogP contribution is 2.24. The van der Waals surface area contributed by atoms with E-state index >= 15 is 0 Å². The van der Waals surface area contributed by atoms with E-state index in [0.717, 1.165) is 34.8 Å². The van der Waals surface area contributed by atoms with Crippen LogP contribution in [0.15, 0.2) is 79.1 Å². The highest BCUT2D eigenvalue weighted by molar-refractivity contribution is 5.93. The molecule has 6 heteroatoms. The zero-order chi connectivity index (χ0) is 21.9. The Morgan fingerprint density at radius 2 is 1.72 bits per heavy atom. The molecule has 0 unspecified atom stereocenters. The van der Waals surface area contributed by atoms with Crippen LogP contribution in [0.2, 0.25) is 0 Å². The molecule has 158 valence electrons. The summed E-state index contributed by atoms with van der Waals surface area (Å²) in [7, 11) is 1.95. The number of nitrogens with zero attached hydrogens (tertiary/aromatic N) is 4. The minimum atomic E-state index is -0.190. The Morgan fingerprint density at radius 1 is 0.938 bits per heavy atom. The van der Waals surface area contributed by atoms with Crippen LogP contribution in [0, 0.1) is 0 Å². The number of carbonyl (C=O) groups is 1. The summed E-state index contributed by atoms with van der Waals surface area (Å²) in [5.41, 5.74) is 6.59. The van der Waals surface area contributed by atoms with E-state index in [1.807, 2.05) is 42.2 Å². The van der Waals surface area contributed by atoms with Gasteiger partial charge in [-0.15, -0.1) is 0 Å². The monoisotopic (exact) mass is 421 g/mol. The molecule has 0 radical (unpaired) electrons. The van der Waals surface area contributed by atoms with Gasteiger partial charge in [-0.1, -0.05) is 42.5 Å². The van der Waals surface area contributed by atoms with Crippen molar-refractivity contribution in [3.05, 3.63) is 90.4 Å². The van der Waals surface area contributed by atoms with E-state index in [-0.39, 0.29) is 5.91 Å². The summed E-state index contributed by atoms with van der Waals surface area (Å²) >= 11 is 0. The second-order valence-corrected chi connectivity index (χ2v) is 7.84. The topological polar surface area (TPSA) is 72.7 Å². The van der Waals surface area contributed by atoms with Gasteiger partial charge in [-0.05, 0) is 53.8 Å². The molecule has 0 aliphatic carbocycles. The van der Waals surface area contributed by atoms with E-state index < -0.39 is 0 Å². The third kappa shape index (κ3) is 4.07. The van der Waals surface area contributed by atoms with Gasteiger partial charge < -0.3 is 5.32 Å². The van der Waals surface area contributed by atoms with Crippen molar-refractivity contribution >= 4 is 27.8 Å². The van der Waals surface area contributed by atoms with Crippen molar-refractivity contribution < 1.29 is 4.79 Å². The Labute approximate surface area is 185 Å². The highest BCUT2D eigenvalue weighted by Gasteiger charge is 2.08. The molecule has 1 amide bonds. The molecule has 3 aromatic carbocycles. The minimum absolute atomic E-state index is 0.190. The number of aromatic nitrogens is 4. The summed E-state index contributed by atoms with van der Waals surface area (Å²) in [6, 6.07) is 22.5. The van der Waals surface area contributed by atoms with E-state index in [0.29, 0.717) is 12.2 Å². The minimum Gasteiger partial charge on any atom is -0.351 e. The van der Waals surface area contributed by atoms with Crippen molar-refractivity contribution in [2.24, 2.45) is 7.05 Å². The first kappa shape index (κ1) is 19.9. The predicted molar refractivity (Wildman–Crippen MR) is 126 cm³/mol. The van der Waals surface area contributed by atoms with Crippen LogP contribution in [0.3, 0.4) is 0 Å². The molecule has 0 fully saturated rings. The fraction of sp³-hybridized carbons (Fsp3) is 0.154. The van der Waals surface area contributed by atoms with Gasteiger partial charge in [-0.25, -0.2) is 4.98 Å². The molecule has 0 saturated carbocycles. The van der Waals surface area contributed by atoms with Crippen molar-refractivity contribution in [3.8, 4) is 11.1 Å². The van der Waals surface area contributed by atoms with Gasteiger partial charge >= 0.3 is 0 Å². The molecule has 0 saturated heterocycles. The number of benzene rings is 3. The summed E-state index contributed by atoms with van der Waals surface area (Å²) in [6.45, 7) is 0.590. The van der Waals surface area contributed by atoms with Crippen LogP contribution < -0.4 is 5.32 Å². The van der Waals surface area contributed by atoms with Gasteiger partial charge in [0.1, 0.15) is 5.69 Å². The molecule has 6 nitrogen and oxygen atoms in total. The fourth-order valence-electron chi connectivity index (χ4n) is 3.86. The van der Waals surface area contributed by atoms with Crippen LogP contribution in [-0.4, -0.2) is 32.2 Å². The molecule has 0 bridgehead atoms. The summed E-state index contributed by atoms with van der Waals surface area (Å²) in [4.78, 5) is 21.1. The van der Waals surface area contributed by atoms with E-state index in [1.54, 1.807) is 0 Å². The second kappa shape index (κ2) is 8.59. The largest absolute Gasteiger partial charge is 0.351 e. The lowest BCUT2D eigenvalue weighted by Gasteiger charge is -2.07. The molecule has 32 heavy (non-hydrogen) atoms. The number of hydrogen-bond acceptors (Lipinski definition) is 4. The van der Waals surface area contributed by atoms with Gasteiger partial charge in [0.25, 0.3) is 5.91 Å². The van der Waals surface area contributed by atoms with Crippen molar-refractivity contribution in [1.29, 1.82) is 0 Å². The average Bonchev–Trinajstić information content (AvgIpc) is 3.21. The first-order chi connectivity index (χ1) is 15.7. The van der Waals surface area contributed by atoms with Crippen molar-refractivity contribution in [2.75, 3.05) is 6.54 Å². The quantitative estimate of drug-likeness (QED) is 0.409. The molecule has 5 aromatic rings. The zero-order valence-electron chi connectivity index (χ0n) is 17.8. The molecule has 1 N–H and O–H groups in total. The number of carbonyl (C=O) groups excluding carboxylic acids is 1. The first-order valence-electron chi connectivity index (χ1n) is 10.7. The normalized spacial score (nSPS) is 11.2. The molecule has 0 atom stereocenters. The Kier molecular flexibility index (Phi) is 5.34. The summed E-state index contributed by atoms with van der Waals surface area (Å²) in [6.07, 6.45) is 5.17. The Bertz CT molecular complexity index is 1410. The predicted octanol–water partition coefficient (Wildman–Crippen LogP) is 4.55. The first-order valence-corrected chi connectivity index (χ1v) is 10.7. The molecule has 5 rings (SSSR count). The summed E-state index contributed by atoms with van der Waals surface area (Å²) in [5, 5.41) is 8.39. The maximum absolute atomic E-state index is 12.4. The van der Waals surface area contributed by atoms with Crippen molar-refractivity contribution in [1.82, 2.24) is 25.1 Å². The van der Waals surface area contributed by atoms with Gasteiger partial charge in [0.05, 0.1) is 28.9 Å². The average molecular weight is 422 g/mol. The van der Waals surface area contributed by atoms with Crippen LogP contribution in [0.1, 0.15) is 22.5 Å². The lowest BCUT2D eigenvalue weighted by molar-refractivity contribution is 0.0948. The van der Waals surface area contributed by atoms with Gasteiger partial charge in [0.2, 0.25) is 0 Å². The third-order valence-corrected chi connectivity index (χ3v) is 5.64. The number of rotatable bonds is 6. The summed E-state index contributed by atoms with van der Waals surface area (Å²) < 4.78 is 1.88. The van der Waals surface area contributed by atoms with Gasteiger partial charge in [0.15, 0.2) is 0 Å². The molecule has 0 aliphatic heterocycles. The third-order valence-electron chi connectivity index (χ3n) is 5.64. The van der Waals surface area contributed by atoms with Crippen LogP contribution in [0.4, 0.5) is 0 Å². The molecule has 0 spiro atoms. The maximum atomic E-state index is 12.4. The highest BCUT2D eigenvalue weighted by atomic mass is 16.1. The Hall–Kier alpha value is -4.06. The number of nitrogens with one attached hydrogen (secondary N) is 1. The van der Waals surface area contributed by atoms with Crippen LogP contribution in [0.5, 0.6) is 0 Å². The lowest BCUT2D eigenvalue weighted by atomic mass is 10.0. The van der Waals surface area contributed by atoms with E-state index in [2.05, 4.69) is 62.8 Å². The Balaban J connectivity index is 1.16. The lowest BCUT2D eigenvalue weighted by Crippen LogP contribution is -2.25. The molecule has 2 heterocycles. The fourth-order valence-corrected chi connectivity index (χ4v) is 3.86. The number of aryl methyl sites for hydroxylation is 2. The van der Waals surface area contributed by atoms with Gasteiger partial charge in [-0.3, -0.25) is 14.5 Å². The maximum Gasteiger partial charge on any atom is 0.271 e. The number of para-hydroxylation sites is 2. The standard InChI is InChI=1S/C26H23N5O/c1-31-25-13-12-20(15-21(25)16-29-31)19-10-8-18(9-11-19)5-4-14-27-26(32)24-17-28-22-6-2-3-7-23(22)30-24/h2-3,6-13,15-17H,4-5,14H2,1H3,(H,27,32). The molecule has 2 aromatic heterocycles. The molecular weight excluding hydrogens is 398 g/mol. The molecule has 0 aliphatic rings. The van der Waals surface area contributed by atoms with Gasteiger partial charge in [0, 0.05) is 19.0 Å². The zero-order valence-corrected chi connectivity index (χ0v) is 17.8. The van der Waals surface area contributed by atoms with E-state index in [1.165, 1.54) is 22.9 Å². The number of hydrogen-bond donors (Lipinski definition) is 1. The number of amides is 1. The van der Waals surface area contributed by atoms with Crippen molar-refractivity contribution in [3.63, 3.8) is 0 Å². The SMILES string of the molecule is Cn1ncc2cc(-c3ccc(CCCNC(=O)c4cnc5ccccc5n4)cc3)ccc21. The van der Waals surface area contributed by atoms with Crippen LogP contribution >= 0.6 is 0 Å². The second-order valence-electron chi connectivity index (χ2n) is 7.84. The Morgan fingerprint density at radius 3 is 2.56 bits per heavy atom. The van der Waals surface area contributed by atoms with E-state index in [4.69, 9.17) is 0 Å². The summed E-state index contributed by atoms with van der Waals surface area (Å²) in [5.74, 6) is -0.190. The van der Waals surface area contributed by atoms with Gasteiger partial charge in [-0.2, -0.15) is 5.10 Å². The number of fused-ring (bicyclic) bond motifs is 2. The smallest absolute Gasteiger partial charge is 0.271 e. The van der Waals surface area contributed by atoms with Crippen molar-refractivity contribution in [2.45, 2.75) is 12.8 Å². The van der Waals surface area contributed by atoms with Crippen LogP contribution in [-0.2, 0) is 13.5 Å².